The van der Waals surface area contributed by atoms with Crippen LogP contribution in [0.2, 0.25) is 5.02 Å². The molecule has 0 saturated carbocycles. The summed E-state index contributed by atoms with van der Waals surface area (Å²) < 4.78 is 2.83. The maximum atomic E-state index is 11.4. The van der Waals surface area contributed by atoms with Crippen LogP contribution >= 0.6 is 27.5 Å². The van der Waals surface area contributed by atoms with E-state index in [-0.39, 0.29) is 0 Å². The fraction of sp³-hybridized carbons (Fsp3) is 0.0625. The zero-order chi connectivity index (χ0) is 15.0. The van der Waals surface area contributed by atoms with Crippen LogP contribution < -0.4 is 0 Å². The Kier molecular flexibility index (Phi) is 3.74. The van der Waals surface area contributed by atoms with Crippen LogP contribution in [0, 0.1) is 0 Å². The van der Waals surface area contributed by atoms with Crippen LogP contribution in [-0.4, -0.2) is 15.6 Å². The van der Waals surface area contributed by atoms with Crippen LogP contribution in [-0.2, 0) is 6.54 Å². The minimum Gasteiger partial charge on any atom is -0.478 e. The highest BCUT2D eigenvalue weighted by molar-refractivity contribution is 9.10. The number of carboxylic acid groups (broad SMARTS) is 1. The minimum absolute atomic E-state index is 0.297. The van der Waals surface area contributed by atoms with E-state index in [0.29, 0.717) is 22.6 Å². The first-order chi connectivity index (χ1) is 10.1. The molecule has 106 valence electrons. The number of nitrogens with zero attached hydrogens (tertiary/aromatic N) is 1. The molecule has 0 fully saturated rings. The SMILES string of the molecule is O=C(O)c1cccc2ccn(Cc3ccc(Br)cc3Cl)c12. The van der Waals surface area contributed by atoms with E-state index in [1.54, 1.807) is 12.1 Å². The van der Waals surface area contributed by atoms with Crippen molar-refractivity contribution in [3.8, 4) is 0 Å². The third-order valence-corrected chi connectivity index (χ3v) is 4.22. The van der Waals surface area contributed by atoms with Gasteiger partial charge in [-0.1, -0.05) is 45.7 Å². The number of aromatic nitrogens is 1. The standard InChI is InChI=1S/C16H11BrClNO2/c17-12-5-4-11(14(18)8-12)9-19-7-6-10-2-1-3-13(15(10)19)16(20)21/h1-8H,9H2,(H,20,21). The fourth-order valence-corrected chi connectivity index (χ4v) is 3.13. The molecule has 21 heavy (non-hydrogen) atoms. The van der Waals surface area contributed by atoms with Gasteiger partial charge in [0.25, 0.3) is 0 Å². The predicted molar refractivity (Wildman–Crippen MR) is 87.2 cm³/mol. The number of hydrogen-bond acceptors (Lipinski definition) is 1. The Balaban J connectivity index is 2.11. The third-order valence-electron chi connectivity index (χ3n) is 3.37. The van der Waals surface area contributed by atoms with Crippen molar-refractivity contribution in [1.82, 2.24) is 4.57 Å². The van der Waals surface area contributed by atoms with Crippen molar-refractivity contribution in [2.75, 3.05) is 0 Å². The first kappa shape index (κ1) is 14.2. The second kappa shape index (κ2) is 5.54. The lowest BCUT2D eigenvalue weighted by molar-refractivity contribution is 0.0698. The van der Waals surface area contributed by atoms with Gasteiger partial charge in [0.15, 0.2) is 0 Å². The van der Waals surface area contributed by atoms with E-state index in [9.17, 15) is 9.90 Å². The predicted octanol–water partition coefficient (Wildman–Crippen LogP) is 4.80. The summed E-state index contributed by atoms with van der Waals surface area (Å²) in [5, 5.41) is 10.9. The molecule has 0 amide bonds. The van der Waals surface area contributed by atoms with Gasteiger partial charge in [-0.3, -0.25) is 0 Å². The van der Waals surface area contributed by atoms with Crippen LogP contribution in [0.3, 0.4) is 0 Å². The van der Waals surface area contributed by atoms with Gasteiger partial charge in [-0.15, -0.1) is 0 Å². The number of aromatic carboxylic acids is 1. The number of carbonyl (C=O) groups is 1. The molecule has 2 aromatic carbocycles. The lowest BCUT2D eigenvalue weighted by Gasteiger charge is -2.09. The summed E-state index contributed by atoms with van der Waals surface area (Å²) in [5.41, 5.74) is 1.95. The van der Waals surface area contributed by atoms with E-state index in [4.69, 9.17) is 11.6 Å². The van der Waals surface area contributed by atoms with E-state index >= 15 is 0 Å². The second-order valence-electron chi connectivity index (χ2n) is 4.73. The normalized spacial score (nSPS) is 11.0. The first-order valence-corrected chi connectivity index (χ1v) is 7.48. The topological polar surface area (TPSA) is 42.2 Å². The Hall–Kier alpha value is -1.78. The quantitative estimate of drug-likeness (QED) is 0.725. The maximum absolute atomic E-state index is 11.4. The van der Waals surface area contributed by atoms with Crippen LogP contribution in [0.5, 0.6) is 0 Å². The Morgan fingerprint density at radius 1 is 1.24 bits per heavy atom. The summed E-state index contributed by atoms with van der Waals surface area (Å²) >= 11 is 9.62. The molecule has 0 aliphatic carbocycles. The Labute approximate surface area is 134 Å². The van der Waals surface area contributed by atoms with Gasteiger partial charge >= 0.3 is 5.97 Å². The second-order valence-corrected chi connectivity index (χ2v) is 6.05. The van der Waals surface area contributed by atoms with Crippen molar-refractivity contribution in [3.05, 3.63) is 69.3 Å². The highest BCUT2D eigenvalue weighted by atomic mass is 79.9. The van der Waals surface area contributed by atoms with E-state index in [1.807, 2.05) is 41.1 Å². The average Bonchev–Trinajstić information content (AvgIpc) is 2.85. The van der Waals surface area contributed by atoms with Crippen LogP contribution in [0.1, 0.15) is 15.9 Å². The van der Waals surface area contributed by atoms with E-state index in [2.05, 4.69) is 15.9 Å². The summed E-state index contributed by atoms with van der Waals surface area (Å²) in [6.07, 6.45) is 1.88. The smallest absolute Gasteiger partial charge is 0.337 e. The molecular weight excluding hydrogens is 354 g/mol. The molecule has 1 heterocycles. The number of carboxylic acids is 1. The van der Waals surface area contributed by atoms with Gasteiger partial charge in [0, 0.05) is 27.6 Å². The van der Waals surface area contributed by atoms with Crippen molar-refractivity contribution >= 4 is 44.4 Å². The molecule has 1 N–H and O–H groups in total. The summed E-state index contributed by atoms with van der Waals surface area (Å²) in [6, 6.07) is 12.9. The van der Waals surface area contributed by atoms with Crippen LogP contribution in [0.15, 0.2) is 53.1 Å². The Morgan fingerprint density at radius 2 is 2.05 bits per heavy atom. The largest absolute Gasteiger partial charge is 0.478 e. The number of fused-ring (bicyclic) bond motifs is 1. The highest BCUT2D eigenvalue weighted by Crippen LogP contribution is 2.25. The van der Waals surface area contributed by atoms with Gasteiger partial charge in [0.2, 0.25) is 0 Å². The lowest BCUT2D eigenvalue weighted by atomic mass is 10.1. The number of halogens is 2. The van der Waals surface area contributed by atoms with Crippen molar-refractivity contribution < 1.29 is 9.90 Å². The van der Waals surface area contributed by atoms with Gasteiger partial charge in [-0.05, 0) is 29.8 Å². The van der Waals surface area contributed by atoms with E-state index in [1.165, 1.54) is 0 Å². The Bertz CT molecular complexity index is 841. The molecular formula is C16H11BrClNO2. The first-order valence-electron chi connectivity index (χ1n) is 6.31. The summed E-state index contributed by atoms with van der Waals surface area (Å²) in [7, 11) is 0. The molecule has 3 nitrogen and oxygen atoms in total. The molecule has 1 aromatic heterocycles. The van der Waals surface area contributed by atoms with Gasteiger partial charge < -0.3 is 9.67 Å². The van der Waals surface area contributed by atoms with Crippen LogP contribution in [0.4, 0.5) is 0 Å². The average molecular weight is 365 g/mol. The molecule has 0 radical (unpaired) electrons. The summed E-state index contributed by atoms with van der Waals surface area (Å²) in [4.78, 5) is 11.4. The lowest BCUT2D eigenvalue weighted by Crippen LogP contribution is -2.04. The number of rotatable bonds is 3. The fourth-order valence-electron chi connectivity index (χ4n) is 2.40. The monoisotopic (exact) mass is 363 g/mol. The molecule has 3 rings (SSSR count). The zero-order valence-electron chi connectivity index (χ0n) is 10.9. The van der Waals surface area contributed by atoms with Gasteiger partial charge in [-0.25, -0.2) is 4.79 Å². The molecule has 0 unspecified atom stereocenters. The molecule has 3 aromatic rings. The summed E-state index contributed by atoms with van der Waals surface area (Å²) in [6.45, 7) is 0.528. The van der Waals surface area contributed by atoms with Crippen molar-refractivity contribution in [2.24, 2.45) is 0 Å². The minimum atomic E-state index is -0.928. The van der Waals surface area contributed by atoms with E-state index in [0.717, 1.165) is 15.4 Å². The van der Waals surface area contributed by atoms with Crippen molar-refractivity contribution in [1.29, 1.82) is 0 Å². The van der Waals surface area contributed by atoms with Gasteiger partial charge in [-0.2, -0.15) is 0 Å². The number of para-hydroxylation sites is 1. The molecule has 0 bridgehead atoms. The molecule has 0 aliphatic rings. The Morgan fingerprint density at radius 3 is 2.76 bits per heavy atom. The molecule has 0 spiro atoms. The highest BCUT2D eigenvalue weighted by Gasteiger charge is 2.13. The van der Waals surface area contributed by atoms with E-state index < -0.39 is 5.97 Å². The van der Waals surface area contributed by atoms with Crippen molar-refractivity contribution in [3.63, 3.8) is 0 Å². The van der Waals surface area contributed by atoms with Crippen molar-refractivity contribution in [2.45, 2.75) is 6.54 Å². The molecule has 0 saturated heterocycles. The summed E-state index contributed by atoms with van der Waals surface area (Å²) in [5.74, 6) is -0.928. The number of benzene rings is 2. The molecule has 0 aliphatic heterocycles. The third kappa shape index (κ3) is 2.69. The maximum Gasteiger partial charge on any atom is 0.337 e. The zero-order valence-corrected chi connectivity index (χ0v) is 13.2. The van der Waals surface area contributed by atoms with Gasteiger partial charge in [0.05, 0.1) is 11.1 Å². The molecule has 5 heteroatoms. The van der Waals surface area contributed by atoms with Crippen LogP contribution in [0.25, 0.3) is 10.9 Å². The molecule has 0 atom stereocenters. The number of hydrogen-bond donors (Lipinski definition) is 1. The van der Waals surface area contributed by atoms with Gasteiger partial charge in [0.1, 0.15) is 0 Å².